The van der Waals surface area contributed by atoms with Crippen LogP contribution in [-0.2, 0) is 11.3 Å². The largest absolute Gasteiger partial charge is 0.335 e. The van der Waals surface area contributed by atoms with Crippen LogP contribution < -0.4 is 5.73 Å². The number of nitrogens with two attached hydrogens (primary N) is 1. The van der Waals surface area contributed by atoms with Gasteiger partial charge in [0.2, 0.25) is 5.91 Å². The first-order valence-electron chi connectivity index (χ1n) is 5.72. The van der Waals surface area contributed by atoms with E-state index in [0.29, 0.717) is 6.54 Å². The van der Waals surface area contributed by atoms with Crippen LogP contribution in [0, 0.1) is 0 Å². The lowest BCUT2D eigenvalue weighted by Gasteiger charge is -2.28. The van der Waals surface area contributed by atoms with Crippen molar-refractivity contribution in [2.45, 2.75) is 39.4 Å². The van der Waals surface area contributed by atoms with Crippen molar-refractivity contribution in [3.05, 3.63) is 34.3 Å². The van der Waals surface area contributed by atoms with E-state index in [9.17, 15) is 4.79 Å². The molecule has 1 aromatic carbocycles. The molecule has 0 aliphatic rings. The summed E-state index contributed by atoms with van der Waals surface area (Å²) in [5, 5.41) is 0. The van der Waals surface area contributed by atoms with Crippen molar-refractivity contribution >= 4 is 21.8 Å². The Bertz CT molecular complexity index is 374. The molecular weight excluding hydrogens is 280 g/mol. The van der Waals surface area contributed by atoms with E-state index in [1.54, 1.807) is 11.8 Å². The molecule has 0 aliphatic carbocycles. The highest BCUT2D eigenvalue weighted by Gasteiger charge is 2.20. The number of rotatable bonds is 4. The smallest absolute Gasteiger partial charge is 0.239 e. The lowest BCUT2D eigenvalue weighted by atomic mass is 10.1. The molecule has 0 saturated carbocycles. The third kappa shape index (κ3) is 4.13. The maximum atomic E-state index is 11.9. The fraction of sp³-hybridized carbons (Fsp3) is 0.462. The van der Waals surface area contributed by atoms with Crippen molar-refractivity contribution in [2.75, 3.05) is 0 Å². The maximum Gasteiger partial charge on any atom is 0.239 e. The van der Waals surface area contributed by atoms with E-state index >= 15 is 0 Å². The third-order valence-corrected chi connectivity index (χ3v) is 3.09. The summed E-state index contributed by atoms with van der Waals surface area (Å²) in [5.41, 5.74) is 6.76. The van der Waals surface area contributed by atoms with Gasteiger partial charge in [0.25, 0.3) is 0 Å². The highest BCUT2D eigenvalue weighted by atomic mass is 79.9. The van der Waals surface area contributed by atoms with Crippen LogP contribution in [0.15, 0.2) is 28.7 Å². The van der Waals surface area contributed by atoms with E-state index in [1.165, 1.54) is 0 Å². The normalized spacial score (nSPS) is 12.6. The van der Waals surface area contributed by atoms with Crippen LogP contribution in [0.1, 0.15) is 26.3 Å². The van der Waals surface area contributed by atoms with Crippen molar-refractivity contribution in [2.24, 2.45) is 5.73 Å². The number of nitrogens with zero attached hydrogens (tertiary/aromatic N) is 1. The fourth-order valence-electron chi connectivity index (χ4n) is 1.56. The van der Waals surface area contributed by atoms with Gasteiger partial charge in [0, 0.05) is 17.1 Å². The first-order chi connectivity index (χ1) is 7.91. The van der Waals surface area contributed by atoms with Crippen LogP contribution in [0.5, 0.6) is 0 Å². The van der Waals surface area contributed by atoms with Crippen LogP contribution in [0.4, 0.5) is 0 Å². The molecule has 0 aromatic heterocycles. The van der Waals surface area contributed by atoms with Gasteiger partial charge in [0.15, 0.2) is 0 Å². The molecule has 1 aromatic rings. The molecule has 1 atom stereocenters. The Morgan fingerprint density at radius 3 is 2.24 bits per heavy atom. The van der Waals surface area contributed by atoms with Crippen LogP contribution in [0.2, 0.25) is 0 Å². The highest BCUT2D eigenvalue weighted by Crippen LogP contribution is 2.14. The minimum absolute atomic E-state index is 0.0112. The van der Waals surface area contributed by atoms with E-state index in [1.807, 2.05) is 38.1 Å². The van der Waals surface area contributed by atoms with Crippen LogP contribution >= 0.6 is 15.9 Å². The number of benzene rings is 1. The molecule has 1 unspecified atom stereocenters. The van der Waals surface area contributed by atoms with Gasteiger partial charge >= 0.3 is 0 Å². The highest BCUT2D eigenvalue weighted by molar-refractivity contribution is 9.10. The van der Waals surface area contributed by atoms with E-state index in [2.05, 4.69) is 15.9 Å². The molecule has 0 radical (unpaired) electrons. The molecule has 1 rings (SSSR count). The van der Waals surface area contributed by atoms with Crippen molar-refractivity contribution in [3.63, 3.8) is 0 Å². The van der Waals surface area contributed by atoms with Crippen LogP contribution in [-0.4, -0.2) is 22.9 Å². The Morgan fingerprint density at radius 1 is 1.29 bits per heavy atom. The molecule has 0 fully saturated rings. The molecule has 1 amide bonds. The van der Waals surface area contributed by atoms with Gasteiger partial charge in [0.1, 0.15) is 0 Å². The summed E-state index contributed by atoms with van der Waals surface area (Å²) in [5.74, 6) is -0.0112. The second kappa shape index (κ2) is 6.17. The topological polar surface area (TPSA) is 46.3 Å². The van der Waals surface area contributed by atoms with Crippen molar-refractivity contribution in [1.29, 1.82) is 0 Å². The summed E-state index contributed by atoms with van der Waals surface area (Å²) >= 11 is 3.39. The minimum atomic E-state index is -0.451. The zero-order valence-corrected chi connectivity index (χ0v) is 12.1. The minimum Gasteiger partial charge on any atom is -0.335 e. The fourth-order valence-corrected chi connectivity index (χ4v) is 1.83. The number of halogens is 1. The first kappa shape index (κ1) is 14.2. The van der Waals surface area contributed by atoms with E-state index < -0.39 is 6.04 Å². The number of amides is 1. The Kier molecular flexibility index (Phi) is 5.15. The van der Waals surface area contributed by atoms with Gasteiger partial charge in [-0.2, -0.15) is 0 Å². The van der Waals surface area contributed by atoms with Gasteiger partial charge in [-0.05, 0) is 38.5 Å². The predicted molar refractivity (Wildman–Crippen MR) is 73.5 cm³/mol. The zero-order valence-electron chi connectivity index (χ0n) is 10.5. The average molecular weight is 299 g/mol. The van der Waals surface area contributed by atoms with Crippen molar-refractivity contribution in [1.82, 2.24) is 4.90 Å². The summed E-state index contributed by atoms with van der Waals surface area (Å²) in [6, 6.07) is 7.67. The maximum absolute atomic E-state index is 11.9. The molecule has 0 heterocycles. The summed E-state index contributed by atoms with van der Waals surface area (Å²) in [4.78, 5) is 13.7. The molecule has 17 heavy (non-hydrogen) atoms. The zero-order chi connectivity index (χ0) is 13.0. The van der Waals surface area contributed by atoms with E-state index in [-0.39, 0.29) is 11.9 Å². The molecular formula is C13H19BrN2O. The number of carbonyl (C=O) groups is 1. The van der Waals surface area contributed by atoms with Gasteiger partial charge in [-0.1, -0.05) is 28.1 Å². The summed E-state index contributed by atoms with van der Waals surface area (Å²) in [6.07, 6.45) is 0. The lowest BCUT2D eigenvalue weighted by Crippen LogP contribution is -2.45. The van der Waals surface area contributed by atoms with Crippen LogP contribution in [0.3, 0.4) is 0 Å². The lowest BCUT2D eigenvalue weighted by molar-refractivity contribution is -0.134. The van der Waals surface area contributed by atoms with Gasteiger partial charge < -0.3 is 10.6 Å². The van der Waals surface area contributed by atoms with Crippen LogP contribution in [0.25, 0.3) is 0 Å². The summed E-state index contributed by atoms with van der Waals surface area (Å²) in [7, 11) is 0. The molecule has 0 bridgehead atoms. The number of hydrogen-bond donors (Lipinski definition) is 1. The second-order valence-electron chi connectivity index (χ2n) is 4.48. The predicted octanol–water partition coefficient (Wildman–Crippen LogP) is 2.53. The van der Waals surface area contributed by atoms with Gasteiger partial charge in [-0.3, -0.25) is 4.79 Å². The van der Waals surface area contributed by atoms with E-state index in [0.717, 1.165) is 10.0 Å². The van der Waals surface area contributed by atoms with Crippen molar-refractivity contribution in [3.8, 4) is 0 Å². The Labute approximate surface area is 111 Å². The van der Waals surface area contributed by atoms with Gasteiger partial charge in [0.05, 0.1) is 6.04 Å². The monoisotopic (exact) mass is 298 g/mol. The molecule has 0 spiro atoms. The molecule has 94 valence electrons. The van der Waals surface area contributed by atoms with Crippen molar-refractivity contribution < 1.29 is 4.79 Å². The first-order valence-corrected chi connectivity index (χ1v) is 6.51. The Balaban J connectivity index is 2.80. The SMILES string of the molecule is CC(N)C(=O)N(Cc1ccc(Br)cc1)C(C)C. The van der Waals surface area contributed by atoms with E-state index in [4.69, 9.17) is 5.73 Å². The molecule has 0 aliphatic heterocycles. The standard InChI is InChI=1S/C13H19BrN2O/c1-9(2)16(13(17)10(3)15)8-11-4-6-12(14)7-5-11/h4-7,9-10H,8,15H2,1-3H3. The number of carbonyl (C=O) groups excluding carboxylic acids is 1. The Morgan fingerprint density at radius 2 is 1.82 bits per heavy atom. The quantitative estimate of drug-likeness (QED) is 0.928. The molecule has 0 saturated heterocycles. The average Bonchev–Trinajstić information content (AvgIpc) is 2.26. The summed E-state index contributed by atoms with van der Waals surface area (Å²) in [6.45, 7) is 6.32. The number of hydrogen-bond acceptors (Lipinski definition) is 2. The molecule has 3 nitrogen and oxygen atoms in total. The third-order valence-electron chi connectivity index (χ3n) is 2.56. The Hall–Kier alpha value is -0.870. The second-order valence-corrected chi connectivity index (χ2v) is 5.39. The molecule has 2 N–H and O–H groups in total. The summed E-state index contributed by atoms with van der Waals surface area (Å²) < 4.78 is 1.04. The van der Waals surface area contributed by atoms with Gasteiger partial charge in [-0.15, -0.1) is 0 Å². The molecule has 4 heteroatoms. The van der Waals surface area contributed by atoms with Gasteiger partial charge in [-0.25, -0.2) is 0 Å².